The predicted octanol–water partition coefficient (Wildman–Crippen LogP) is 11.6. The van der Waals surface area contributed by atoms with Gasteiger partial charge >= 0.3 is 0 Å². The highest BCUT2D eigenvalue weighted by Crippen LogP contribution is 2.36. The molecule has 3 heteroatoms. The van der Waals surface area contributed by atoms with Crippen LogP contribution < -0.4 is 0 Å². The summed E-state index contributed by atoms with van der Waals surface area (Å²) in [6.45, 7) is 0. The van der Waals surface area contributed by atoms with Gasteiger partial charge in [-0.2, -0.15) is 0 Å². The molecule has 0 saturated carbocycles. The first kappa shape index (κ1) is 26.0. The lowest BCUT2D eigenvalue weighted by Gasteiger charge is -2.11. The highest BCUT2D eigenvalue weighted by atomic mass is 35.5. The summed E-state index contributed by atoms with van der Waals surface area (Å²) in [6.07, 6.45) is 3.55. The van der Waals surface area contributed by atoms with Crippen LogP contribution in [-0.4, -0.2) is 7.11 Å². The van der Waals surface area contributed by atoms with E-state index in [0.717, 1.165) is 21.5 Å². The summed E-state index contributed by atoms with van der Waals surface area (Å²) in [7, 11) is 1.63. The topological polar surface area (TPSA) is 9.23 Å². The minimum Gasteiger partial charge on any atom is -0.504 e. The van der Waals surface area contributed by atoms with E-state index in [1.54, 1.807) is 13.4 Å². The van der Waals surface area contributed by atoms with Crippen LogP contribution in [0.15, 0.2) is 134 Å². The van der Waals surface area contributed by atoms with Gasteiger partial charge in [-0.15, -0.1) is 0 Å². The van der Waals surface area contributed by atoms with Gasteiger partial charge in [0.2, 0.25) is 0 Å². The first-order valence-electron chi connectivity index (χ1n) is 13.1. The van der Waals surface area contributed by atoms with Crippen molar-refractivity contribution < 1.29 is 4.74 Å². The van der Waals surface area contributed by atoms with Crippen LogP contribution in [0.25, 0.3) is 60.3 Å². The molecule has 0 bridgehead atoms. The first-order valence-corrected chi connectivity index (χ1v) is 13.9. The fourth-order valence-corrected chi connectivity index (χ4v) is 5.84. The minimum absolute atomic E-state index is 0.716. The van der Waals surface area contributed by atoms with Crippen molar-refractivity contribution in [3.05, 3.63) is 149 Å². The van der Waals surface area contributed by atoms with Crippen molar-refractivity contribution in [1.82, 2.24) is 0 Å². The number of halogens is 2. The summed E-state index contributed by atoms with van der Waals surface area (Å²) in [5.41, 5.74) is 3.25. The van der Waals surface area contributed by atoms with E-state index in [1.807, 2.05) is 30.3 Å². The second-order valence-electron chi connectivity index (χ2n) is 9.55. The normalized spacial score (nSPS) is 11.3. The van der Waals surface area contributed by atoms with Crippen molar-refractivity contribution in [2.75, 3.05) is 7.11 Å². The van der Waals surface area contributed by atoms with Gasteiger partial charge < -0.3 is 4.74 Å². The largest absolute Gasteiger partial charge is 0.504 e. The zero-order chi connectivity index (χ0) is 27.5. The van der Waals surface area contributed by atoms with E-state index in [4.69, 9.17) is 27.9 Å². The molecule has 0 heterocycles. The van der Waals surface area contributed by atoms with Crippen molar-refractivity contribution in [3.63, 3.8) is 0 Å². The third-order valence-electron chi connectivity index (χ3n) is 7.22. The highest BCUT2D eigenvalue weighted by molar-refractivity contribution is 6.37. The zero-order valence-corrected chi connectivity index (χ0v) is 23.5. The molecule has 0 aliphatic carbocycles. The van der Waals surface area contributed by atoms with Crippen molar-refractivity contribution in [3.8, 4) is 11.1 Å². The molecule has 0 unspecified atom stereocenters. The van der Waals surface area contributed by atoms with Gasteiger partial charge in [-0.25, -0.2) is 0 Å². The van der Waals surface area contributed by atoms with Crippen molar-refractivity contribution in [2.24, 2.45) is 0 Å². The molecule has 1 nitrogen and oxygen atoms in total. The molecule has 0 fully saturated rings. The Morgan fingerprint density at radius 1 is 0.475 bits per heavy atom. The lowest BCUT2D eigenvalue weighted by Crippen LogP contribution is -1.87. The van der Waals surface area contributed by atoms with E-state index >= 15 is 0 Å². The van der Waals surface area contributed by atoms with Crippen molar-refractivity contribution in [2.45, 2.75) is 0 Å². The molecule has 0 atom stereocenters. The summed E-state index contributed by atoms with van der Waals surface area (Å²) < 4.78 is 5.04. The number of methoxy groups -OCH3 is 1. The van der Waals surface area contributed by atoms with Crippen LogP contribution in [0.4, 0.5) is 0 Å². The maximum Gasteiger partial charge on any atom is 0.0831 e. The fraction of sp³-hybridized carbons (Fsp3) is 0.0270. The molecule has 0 saturated heterocycles. The molecule has 7 rings (SSSR count). The second-order valence-corrected chi connectivity index (χ2v) is 10.4. The van der Waals surface area contributed by atoms with Crippen LogP contribution >= 0.6 is 23.2 Å². The Morgan fingerprint density at radius 3 is 1.88 bits per heavy atom. The number of rotatable bonds is 3. The molecule has 7 aromatic carbocycles. The van der Waals surface area contributed by atoms with Crippen molar-refractivity contribution in [1.29, 1.82) is 0 Å². The molecule has 0 aromatic heterocycles. The number of benzene rings is 7. The predicted molar refractivity (Wildman–Crippen MR) is 174 cm³/mol. The Labute approximate surface area is 243 Å². The number of fused-ring (bicyclic) bond motifs is 6. The zero-order valence-electron chi connectivity index (χ0n) is 21.9. The third-order valence-corrected chi connectivity index (χ3v) is 7.88. The van der Waals surface area contributed by atoms with Gasteiger partial charge in [-0.3, -0.25) is 0 Å². The van der Waals surface area contributed by atoms with Crippen LogP contribution in [0.2, 0.25) is 10.0 Å². The quantitative estimate of drug-likeness (QED) is 0.155. The molecule has 0 N–H and O–H groups in total. The van der Waals surface area contributed by atoms with Gasteiger partial charge in [-0.1, -0.05) is 138 Å². The maximum atomic E-state index is 6.36. The van der Waals surface area contributed by atoms with Crippen LogP contribution in [0.1, 0.15) is 5.56 Å². The summed E-state index contributed by atoms with van der Waals surface area (Å²) in [5, 5.41) is 11.4. The van der Waals surface area contributed by atoms with E-state index in [9.17, 15) is 0 Å². The van der Waals surface area contributed by atoms with Gasteiger partial charge in [0.15, 0.2) is 0 Å². The Kier molecular flexibility index (Phi) is 7.42. The lowest BCUT2D eigenvalue weighted by atomic mass is 9.94. The molecular weight excluding hydrogens is 531 g/mol. The standard InChI is InChI=1S/C19H15ClO.C18H11Cl/c1-21-13-12-18-17(10-5-11-19(18)20)16-9-4-7-14-6-2-3-8-15(14)16;19-17-7-3-6-16-15(17)11-10-13-9-8-12-4-1-2-5-14(12)18(13)16/h2-13H,1H3;1-11H. The van der Waals surface area contributed by atoms with Crippen LogP contribution in [0.5, 0.6) is 0 Å². The smallest absolute Gasteiger partial charge is 0.0831 e. The molecule has 7 aromatic rings. The fourth-order valence-electron chi connectivity index (χ4n) is 5.36. The summed E-state index contributed by atoms with van der Waals surface area (Å²) in [5.74, 6) is 0. The Balaban J connectivity index is 0.000000145. The van der Waals surface area contributed by atoms with E-state index in [0.29, 0.717) is 5.02 Å². The Morgan fingerprint density at radius 2 is 1.05 bits per heavy atom. The molecule has 0 spiro atoms. The molecule has 194 valence electrons. The molecule has 0 aliphatic rings. The van der Waals surface area contributed by atoms with E-state index in [-0.39, 0.29) is 0 Å². The van der Waals surface area contributed by atoms with E-state index < -0.39 is 0 Å². The van der Waals surface area contributed by atoms with Crippen LogP contribution in [0, 0.1) is 0 Å². The minimum atomic E-state index is 0.716. The summed E-state index contributed by atoms with van der Waals surface area (Å²) in [4.78, 5) is 0. The van der Waals surface area contributed by atoms with Crippen LogP contribution in [-0.2, 0) is 4.74 Å². The number of ether oxygens (including phenoxy) is 1. The van der Waals surface area contributed by atoms with Gasteiger partial charge in [0.05, 0.1) is 13.4 Å². The molecule has 0 radical (unpaired) electrons. The van der Waals surface area contributed by atoms with E-state index in [2.05, 4.69) is 103 Å². The Bertz CT molecular complexity index is 2020. The lowest BCUT2D eigenvalue weighted by molar-refractivity contribution is 0.341. The molecule has 0 amide bonds. The van der Waals surface area contributed by atoms with Crippen LogP contribution in [0.3, 0.4) is 0 Å². The maximum absolute atomic E-state index is 6.36. The monoisotopic (exact) mass is 556 g/mol. The number of hydrogen-bond donors (Lipinski definition) is 0. The first-order chi connectivity index (χ1) is 19.7. The average molecular weight is 558 g/mol. The molecule has 40 heavy (non-hydrogen) atoms. The van der Waals surface area contributed by atoms with Gasteiger partial charge in [0.1, 0.15) is 0 Å². The highest BCUT2D eigenvalue weighted by Gasteiger charge is 2.10. The third kappa shape index (κ3) is 4.91. The average Bonchev–Trinajstić information content (AvgIpc) is 3.00. The summed E-state index contributed by atoms with van der Waals surface area (Å²) in [6, 6.07) is 43.8. The molecular formula is C37H26Cl2O. The molecule has 0 aliphatic heterocycles. The van der Waals surface area contributed by atoms with E-state index in [1.165, 1.54) is 43.3 Å². The van der Waals surface area contributed by atoms with Gasteiger partial charge in [0, 0.05) is 21.0 Å². The second kappa shape index (κ2) is 11.4. The van der Waals surface area contributed by atoms with Crippen molar-refractivity contribution >= 4 is 72.4 Å². The van der Waals surface area contributed by atoms with Gasteiger partial charge in [-0.05, 0) is 67.0 Å². The SMILES string of the molecule is COC=Cc1c(Cl)cccc1-c1cccc2ccccc12.Clc1cccc2c1ccc1ccc3ccccc3c12. The number of hydrogen-bond acceptors (Lipinski definition) is 1. The van der Waals surface area contributed by atoms with Gasteiger partial charge in [0.25, 0.3) is 0 Å². The Hall–Kier alpha value is -4.30. The summed E-state index contributed by atoms with van der Waals surface area (Å²) >= 11 is 12.7.